The van der Waals surface area contributed by atoms with Gasteiger partial charge in [-0.05, 0) is 131 Å². The summed E-state index contributed by atoms with van der Waals surface area (Å²) in [5.41, 5.74) is 14.4. The fourth-order valence-electron chi connectivity index (χ4n) is 7.87. The smallest absolute Gasteiger partial charge is 0.0461 e. The van der Waals surface area contributed by atoms with E-state index >= 15 is 0 Å². The van der Waals surface area contributed by atoms with Gasteiger partial charge in [0.2, 0.25) is 0 Å². The topological polar surface area (TPSA) is 6.48 Å². The van der Waals surface area contributed by atoms with E-state index in [4.69, 9.17) is 0 Å². The number of hydrogen-bond acceptors (Lipinski definition) is 2. The van der Waals surface area contributed by atoms with Crippen LogP contribution in [0.15, 0.2) is 144 Å². The SMILES string of the molecule is CC1=CC=C(N(C2=CCC(C)C=C2)c2ccc(C3(c4ccc(N(c5ccc(C)cc5)c5ccc(C)cc5)cc4)CCCCC3)cc2)CC1. The predicted octanol–water partition coefficient (Wildman–Crippen LogP) is 12.9. The number of rotatable bonds is 8. The molecule has 3 aliphatic rings. The van der Waals surface area contributed by atoms with Gasteiger partial charge >= 0.3 is 0 Å². The van der Waals surface area contributed by atoms with Crippen LogP contribution in [0, 0.1) is 19.8 Å². The number of benzene rings is 4. The van der Waals surface area contributed by atoms with Crippen molar-refractivity contribution in [1.29, 1.82) is 0 Å². The third kappa shape index (κ3) is 6.59. The van der Waals surface area contributed by atoms with E-state index in [0.717, 1.165) is 19.3 Å². The number of anilines is 4. The van der Waals surface area contributed by atoms with Gasteiger partial charge in [-0.15, -0.1) is 0 Å². The normalized spacial score (nSPS) is 18.8. The third-order valence-electron chi connectivity index (χ3n) is 10.8. The average Bonchev–Trinajstić information content (AvgIpc) is 3.13. The van der Waals surface area contributed by atoms with E-state index in [-0.39, 0.29) is 5.41 Å². The lowest BCUT2D eigenvalue weighted by Crippen LogP contribution is -2.30. The van der Waals surface area contributed by atoms with Crippen molar-refractivity contribution < 1.29 is 0 Å². The summed E-state index contributed by atoms with van der Waals surface area (Å²) in [7, 11) is 0. The minimum atomic E-state index is 0.0298. The monoisotopic (exact) mass is 630 g/mol. The van der Waals surface area contributed by atoms with E-state index in [1.807, 2.05) is 0 Å². The van der Waals surface area contributed by atoms with Crippen LogP contribution in [0.2, 0.25) is 0 Å². The first-order valence-electron chi connectivity index (χ1n) is 18.1. The van der Waals surface area contributed by atoms with Gasteiger partial charge in [0.05, 0.1) is 0 Å². The molecule has 0 spiro atoms. The van der Waals surface area contributed by atoms with E-state index in [2.05, 4.69) is 165 Å². The summed E-state index contributed by atoms with van der Waals surface area (Å²) in [5, 5.41) is 0. The lowest BCUT2D eigenvalue weighted by Gasteiger charge is -2.39. The molecular weight excluding hydrogens is 581 g/mol. The quantitative estimate of drug-likeness (QED) is 0.191. The van der Waals surface area contributed by atoms with E-state index in [0.29, 0.717) is 5.92 Å². The van der Waals surface area contributed by atoms with Crippen molar-refractivity contribution in [1.82, 2.24) is 0 Å². The molecule has 0 aliphatic heterocycles. The molecule has 1 fully saturated rings. The van der Waals surface area contributed by atoms with E-state index in [1.54, 1.807) is 0 Å². The van der Waals surface area contributed by atoms with Crippen molar-refractivity contribution in [3.8, 4) is 0 Å². The summed E-state index contributed by atoms with van der Waals surface area (Å²) < 4.78 is 0. The molecule has 0 bridgehead atoms. The van der Waals surface area contributed by atoms with Crippen LogP contribution < -0.4 is 9.80 Å². The van der Waals surface area contributed by atoms with Crippen LogP contribution in [0.4, 0.5) is 22.7 Å². The zero-order valence-corrected chi connectivity index (χ0v) is 29.3. The molecule has 2 heteroatoms. The highest BCUT2D eigenvalue weighted by Crippen LogP contribution is 2.47. The Kier molecular flexibility index (Phi) is 9.26. The highest BCUT2D eigenvalue weighted by atomic mass is 15.2. The van der Waals surface area contributed by atoms with E-state index < -0.39 is 0 Å². The van der Waals surface area contributed by atoms with Gasteiger partial charge in [0.25, 0.3) is 0 Å². The molecule has 244 valence electrons. The Bertz CT molecular complexity index is 1780. The molecular formula is C46H50N2. The van der Waals surface area contributed by atoms with Gasteiger partial charge in [0.1, 0.15) is 0 Å². The van der Waals surface area contributed by atoms with Crippen molar-refractivity contribution in [2.24, 2.45) is 5.92 Å². The number of nitrogens with zero attached hydrogens (tertiary/aromatic N) is 2. The summed E-state index contributed by atoms with van der Waals surface area (Å²) >= 11 is 0. The van der Waals surface area contributed by atoms with Gasteiger partial charge in [-0.25, -0.2) is 0 Å². The molecule has 0 saturated heterocycles. The van der Waals surface area contributed by atoms with Gasteiger partial charge in [-0.2, -0.15) is 0 Å². The van der Waals surface area contributed by atoms with Gasteiger partial charge in [0.15, 0.2) is 0 Å². The molecule has 48 heavy (non-hydrogen) atoms. The number of hydrogen-bond donors (Lipinski definition) is 0. The molecule has 1 atom stereocenters. The second-order valence-electron chi connectivity index (χ2n) is 14.5. The highest BCUT2D eigenvalue weighted by Gasteiger charge is 2.36. The Morgan fingerprint density at radius 2 is 1.06 bits per heavy atom. The molecule has 1 unspecified atom stereocenters. The molecule has 4 aromatic rings. The molecule has 0 N–H and O–H groups in total. The zero-order chi connectivity index (χ0) is 33.1. The van der Waals surface area contributed by atoms with Crippen molar-refractivity contribution in [2.75, 3.05) is 9.80 Å². The average molecular weight is 631 g/mol. The summed E-state index contributed by atoms with van der Waals surface area (Å²) in [5.74, 6) is 0.596. The molecule has 0 radical (unpaired) electrons. The van der Waals surface area contributed by atoms with Gasteiger partial charge in [0, 0.05) is 39.6 Å². The van der Waals surface area contributed by atoms with Crippen LogP contribution >= 0.6 is 0 Å². The van der Waals surface area contributed by atoms with Gasteiger partial charge < -0.3 is 9.80 Å². The van der Waals surface area contributed by atoms with Crippen LogP contribution in [0.1, 0.15) is 87.5 Å². The minimum Gasteiger partial charge on any atom is -0.315 e. The lowest BCUT2D eigenvalue weighted by atomic mass is 9.65. The standard InChI is InChI=1S/C46H50N2/c1-34-8-20-40(21-9-34)47(41-22-10-35(2)11-23-41)44-28-16-38(17-29-44)46(32-6-5-7-33-46)39-18-30-45(31-19-39)48(42-24-12-36(3)13-25-42)43-26-14-37(4)15-27-43/h8-12,14,16-26,28-31,36H,5-7,13,15,27,32-33H2,1-4H3. The van der Waals surface area contributed by atoms with Crippen molar-refractivity contribution >= 4 is 22.7 Å². The van der Waals surface area contributed by atoms with Crippen molar-refractivity contribution in [2.45, 2.75) is 84.5 Å². The Morgan fingerprint density at radius 3 is 1.52 bits per heavy atom. The maximum atomic E-state index is 2.50. The maximum Gasteiger partial charge on any atom is 0.0461 e. The fraction of sp³-hybridized carbons (Fsp3) is 0.304. The third-order valence-corrected chi connectivity index (χ3v) is 10.8. The van der Waals surface area contributed by atoms with Gasteiger partial charge in [-0.3, -0.25) is 0 Å². The van der Waals surface area contributed by atoms with Crippen LogP contribution in [-0.2, 0) is 5.41 Å². The first-order chi connectivity index (χ1) is 23.4. The fourth-order valence-corrected chi connectivity index (χ4v) is 7.87. The minimum absolute atomic E-state index is 0.0298. The molecule has 0 amide bonds. The molecule has 0 aromatic heterocycles. The first-order valence-corrected chi connectivity index (χ1v) is 18.1. The molecule has 4 aromatic carbocycles. The van der Waals surface area contributed by atoms with E-state index in [1.165, 1.54) is 94.1 Å². The number of aryl methyl sites for hydroxylation is 2. The summed E-state index contributed by atoms with van der Waals surface area (Å²) in [6.45, 7) is 8.84. The second-order valence-corrected chi connectivity index (χ2v) is 14.5. The summed E-state index contributed by atoms with van der Waals surface area (Å²) in [4.78, 5) is 4.88. The highest BCUT2D eigenvalue weighted by molar-refractivity contribution is 5.77. The molecule has 1 saturated carbocycles. The Balaban J connectivity index is 1.23. The van der Waals surface area contributed by atoms with Crippen LogP contribution in [0.5, 0.6) is 0 Å². The Labute approximate surface area is 288 Å². The van der Waals surface area contributed by atoms with Crippen molar-refractivity contribution in [3.05, 3.63) is 167 Å². The largest absolute Gasteiger partial charge is 0.315 e. The summed E-state index contributed by atoms with van der Waals surface area (Å²) in [6.07, 6.45) is 21.3. The molecule has 3 aliphatic carbocycles. The number of allylic oxidation sites excluding steroid dienone is 7. The van der Waals surface area contributed by atoms with Gasteiger partial charge in [-0.1, -0.05) is 110 Å². The maximum absolute atomic E-state index is 2.50. The van der Waals surface area contributed by atoms with Crippen LogP contribution in [0.3, 0.4) is 0 Å². The first kappa shape index (κ1) is 32.0. The lowest BCUT2D eigenvalue weighted by molar-refractivity contribution is 0.346. The Hall–Kier alpha value is -4.56. The molecule has 0 heterocycles. The van der Waals surface area contributed by atoms with Crippen LogP contribution in [-0.4, -0.2) is 0 Å². The molecule has 7 rings (SSSR count). The van der Waals surface area contributed by atoms with Crippen molar-refractivity contribution in [3.63, 3.8) is 0 Å². The second kappa shape index (κ2) is 13.9. The molecule has 2 nitrogen and oxygen atoms in total. The van der Waals surface area contributed by atoms with Crippen LogP contribution in [0.25, 0.3) is 0 Å². The summed E-state index contributed by atoms with van der Waals surface area (Å²) in [6, 6.07) is 36.9. The Morgan fingerprint density at radius 1 is 0.562 bits per heavy atom. The predicted molar refractivity (Wildman–Crippen MR) is 205 cm³/mol. The zero-order valence-electron chi connectivity index (χ0n) is 29.3. The van der Waals surface area contributed by atoms with E-state index in [9.17, 15) is 0 Å².